The summed E-state index contributed by atoms with van der Waals surface area (Å²) in [5.41, 5.74) is -0.159. The van der Waals surface area contributed by atoms with Crippen molar-refractivity contribution in [3.63, 3.8) is 0 Å². The van der Waals surface area contributed by atoms with Crippen LogP contribution in [0.15, 0.2) is 30.3 Å². The summed E-state index contributed by atoms with van der Waals surface area (Å²) in [6.07, 6.45) is 2.42. The minimum atomic E-state index is -0.589. The first-order valence-corrected chi connectivity index (χ1v) is 7.83. The number of carbonyl (C=O) groups excluding carboxylic acids is 1. The van der Waals surface area contributed by atoms with Gasteiger partial charge < -0.3 is 10.1 Å². The topological polar surface area (TPSA) is 38.3 Å². The van der Waals surface area contributed by atoms with Crippen molar-refractivity contribution in [1.29, 1.82) is 0 Å². The van der Waals surface area contributed by atoms with Crippen LogP contribution in [0.5, 0.6) is 0 Å². The van der Waals surface area contributed by atoms with E-state index in [1.165, 1.54) is 0 Å². The summed E-state index contributed by atoms with van der Waals surface area (Å²) < 4.78 is 5.35. The maximum absolute atomic E-state index is 12.0. The second-order valence-corrected chi connectivity index (χ2v) is 6.68. The third kappa shape index (κ3) is 7.17. The molecule has 1 aromatic carbocycles. The zero-order valence-electron chi connectivity index (χ0n) is 14.3. The van der Waals surface area contributed by atoms with Gasteiger partial charge in [-0.05, 0) is 46.2 Å². The van der Waals surface area contributed by atoms with Gasteiger partial charge in [-0.3, -0.25) is 0 Å². The number of unbranched alkanes of at least 4 members (excludes halogenated alkanes) is 1. The molecule has 0 saturated carbocycles. The van der Waals surface area contributed by atoms with Gasteiger partial charge in [-0.1, -0.05) is 49.8 Å². The number of alkyl carbamates (subject to hydrolysis) is 1. The van der Waals surface area contributed by atoms with Crippen LogP contribution in [0, 0.1) is 11.8 Å². The van der Waals surface area contributed by atoms with Crippen LogP contribution in [0.3, 0.4) is 0 Å². The molecule has 3 nitrogen and oxygen atoms in total. The third-order valence-corrected chi connectivity index (χ3v) is 3.06. The number of ether oxygens (including phenoxy) is 1. The van der Waals surface area contributed by atoms with E-state index < -0.39 is 17.2 Å². The van der Waals surface area contributed by atoms with E-state index in [2.05, 4.69) is 24.1 Å². The molecule has 0 aliphatic rings. The Kier molecular flexibility index (Phi) is 6.49. The molecular formula is C19H27NO2. The molecule has 1 atom stereocenters. The molecule has 0 bridgehead atoms. The molecule has 120 valence electrons. The van der Waals surface area contributed by atoms with Gasteiger partial charge in [0.15, 0.2) is 0 Å². The standard InChI is InChI=1S/C19H27NO2/c1-6-7-14-19(5,20-17(21)22-18(2,3)4)15-13-16-11-9-8-10-12-16/h8-12H,6-7,14H2,1-5H3,(H,20,21). The molecular weight excluding hydrogens is 274 g/mol. The lowest BCUT2D eigenvalue weighted by Crippen LogP contribution is -2.47. The number of hydrogen-bond donors (Lipinski definition) is 1. The van der Waals surface area contributed by atoms with Crippen molar-refractivity contribution in [3.05, 3.63) is 35.9 Å². The van der Waals surface area contributed by atoms with Crippen LogP contribution in [-0.4, -0.2) is 17.2 Å². The van der Waals surface area contributed by atoms with Gasteiger partial charge in [0.1, 0.15) is 11.1 Å². The molecule has 0 aromatic heterocycles. The highest BCUT2D eigenvalue weighted by molar-refractivity contribution is 5.69. The van der Waals surface area contributed by atoms with E-state index in [0.717, 1.165) is 24.8 Å². The van der Waals surface area contributed by atoms with Gasteiger partial charge >= 0.3 is 6.09 Å². The molecule has 1 N–H and O–H groups in total. The molecule has 22 heavy (non-hydrogen) atoms. The van der Waals surface area contributed by atoms with Crippen LogP contribution < -0.4 is 5.32 Å². The molecule has 0 aliphatic carbocycles. The number of benzene rings is 1. The summed E-state index contributed by atoms with van der Waals surface area (Å²) in [4.78, 5) is 12.0. The van der Waals surface area contributed by atoms with Crippen molar-refractivity contribution in [1.82, 2.24) is 5.32 Å². The molecule has 0 radical (unpaired) electrons. The average molecular weight is 301 g/mol. The van der Waals surface area contributed by atoms with Crippen molar-refractivity contribution >= 4 is 6.09 Å². The molecule has 0 heterocycles. The Labute approximate surface area is 134 Å². The van der Waals surface area contributed by atoms with Crippen LogP contribution in [0.1, 0.15) is 59.4 Å². The smallest absolute Gasteiger partial charge is 0.408 e. The third-order valence-electron chi connectivity index (χ3n) is 3.06. The second-order valence-electron chi connectivity index (χ2n) is 6.68. The summed E-state index contributed by atoms with van der Waals surface area (Å²) >= 11 is 0. The molecule has 1 unspecified atom stereocenters. The van der Waals surface area contributed by atoms with Gasteiger partial charge in [-0.15, -0.1) is 0 Å². The molecule has 0 fully saturated rings. The lowest BCUT2D eigenvalue weighted by atomic mass is 9.95. The predicted molar refractivity (Wildman–Crippen MR) is 90.6 cm³/mol. The number of amides is 1. The summed E-state index contributed by atoms with van der Waals surface area (Å²) in [5, 5.41) is 2.92. The first-order valence-electron chi connectivity index (χ1n) is 7.83. The van der Waals surface area contributed by atoms with Gasteiger partial charge in [0.05, 0.1) is 0 Å². The minimum absolute atomic E-state index is 0.423. The summed E-state index contributed by atoms with van der Waals surface area (Å²) in [7, 11) is 0. The second kappa shape index (κ2) is 7.89. The fraction of sp³-hybridized carbons (Fsp3) is 0.526. The maximum atomic E-state index is 12.0. The zero-order chi connectivity index (χ0) is 16.6. The Morgan fingerprint density at radius 2 is 1.82 bits per heavy atom. The van der Waals surface area contributed by atoms with Crippen LogP contribution in [0.2, 0.25) is 0 Å². The Morgan fingerprint density at radius 3 is 2.36 bits per heavy atom. The Hall–Kier alpha value is -1.95. The van der Waals surface area contributed by atoms with Gasteiger partial charge in [-0.25, -0.2) is 4.79 Å². The SMILES string of the molecule is CCCCC(C)(C#Cc1ccccc1)NC(=O)OC(C)(C)C. The minimum Gasteiger partial charge on any atom is -0.444 e. The normalized spacial score (nSPS) is 13.5. The number of carbonyl (C=O) groups is 1. The highest BCUT2D eigenvalue weighted by atomic mass is 16.6. The van der Waals surface area contributed by atoms with Gasteiger partial charge in [0.25, 0.3) is 0 Å². The van der Waals surface area contributed by atoms with Gasteiger partial charge in [0.2, 0.25) is 0 Å². The van der Waals surface area contributed by atoms with Gasteiger partial charge in [0, 0.05) is 5.56 Å². The van der Waals surface area contributed by atoms with E-state index in [4.69, 9.17) is 4.74 Å². The average Bonchev–Trinajstić information content (AvgIpc) is 2.42. The highest BCUT2D eigenvalue weighted by Gasteiger charge is 2.26. The lowest BCUT2D eigenvalue weighted by Gasteiger charge is -2.28. The van der Waals surface area contributed by atoms with Crippen molar-refractivity contribution in [2.45, 2.75) is 65.0 Å². The molecule has 0 spiro atoms. The Balaban J connectivity index is 2.86. The highest BCUT2D eigenvalue weighted by Crippen LogP contribution is 2.15. The van der Waals surface area contributed by atoms with Crippen LogP contribution >= 0.6 is 0 Å². The summed E-state index contributed by atoms with van der Waals surface area (Å²) in [5.74, 6) is 6.34. The molecule has 0 aliphatic heterocycles. The van der Waals surface area contributed by atoms with E-state index >= 15 is 0 Å². The fourth-order valence-corrected chi connectivity index (χ4v) is 1.95. The Morgan fingerprint density at radius 1 is 1.18 bits per heavy atom. The molecule has 1 aromatic rings. The van der Waals surface area contributed by atoms with E-state index in [1.807, 2.05) is 58.0 Å². The summed E-state index contributed by atoms with van der Waals surface area (Å²) in [6.45, 7) is 9.63. The molecule has 1 amide bonds. The molecule has 3 heteroatoms. The van der Waals surface area contributed by atoms with E-state index in [-0.39, 0.29) is 0 Å². The van der Waals surface area contributed by atoms with Crippen molar-refractivity contribution < 1.29 is 9.53 Å². The largest absolute Gasteiger partial charge is 0.444 e. The maximum Gasteiger partial charge on any atom is 0.408 e. The first kappa shape index (κ1) is 18.1. The van der Waals surface area contributed by atoms with Crippen LogP contribution in [0.4, 0.5) is 4.79 Å². The summed E-state index contributed by atoms with van der Waals surface area (Å²) in [6, 6.07) is 9.78. The predicted octanol–water partition coefficient (Wildman–Crippen LogP) is 4.51. The number of nitrogens with one attached hydrogen (secondary N) is 1. The lowest BCUT2D eigenvalue weighted by molar-refractivity contribution is 0.0484. The van der Waals surface area contributed by atoms with Crippen LogP contribution in [0.25, 0.3) is 0 Å². The van der Waals surface area contributed by atoms with Crippen molar-refractivity contribution in [2.24, 2.45) is 0 Å². The molecule has 0 saturated heterocycles. The Bertz CT molecular complexity index is 534. The van der Waals surface area contributed by atoms with Crippen LogP contribution in [-0.2, 0) is 4.74 Å². The zero-order valence-corrected chi connectivity index (χ0v) is 14.3. The van der Waals surface area contributed by atoms with Crippen molar-refractivity contribution in [2.75, 3.05) is 0 Å². The van der Waals surface area contributed by atoms with E-state index in [9.17, 15) is 4.79 Å². The monoisotopic (exact) mass is 301 g/mol. The first-order chi connectivity index (χ1) is 10.2. The van der Waals surface area contributed by atoms with Gasteiger partial charge in [-0.2, -0.15) is 0 Å². The molecule has 1 rings (SSSR count). The van der Waals surface area contributed by atoms with E-state index in [1.54, 1.807) is 0 Å². The number of rotatable bonds is 4. The quantitative estimate of drug-likeness (QED) is 0.831. The number of hydrogen-bond acceptors (Lipinski definition) is 2. The van der Waals surface area contributed by atoms with Crippen molar-refractivity contribution in [3.8, 4) is 11.8 Å². The fourth-order valence-electron chi connectivity index (χ4n) is 1.95. The van der Waals surface area contributed by atoms with E-state index in [0.29, 0.717) is 0 Å².